The first-order chi connectivity index (χ1) is 7.94. The van der Waals surface area contributed by atoms with Crippen LogP contribution in [0, 0.1) is 10.1 Å². The maximum Gasteiger partial charge on any atom is 0.296 e. The van der Waals surface area contributed by atoms with E-state index in [1.807, 2.05) is 0 Å². The Balaban J connectivity index is 3.87. The summed E-state index contributed by atoms with van der Waals surface area (Å²) in [6, 6.07) is 0.735. The van der Waals surface area contributed by atoms with Gasteiger partial charge in [0.2, 0.25) is 0 Å². The first-order valence-corrected chi connectivity index (χ1v) is 7.13. The number of nitrogens with zero attached hydrogens (tertiary/aromatic N) is 1. The Kier molecular flexibility index (Phi) is 3.65. The third-order valence-electron chi connectivity index (χ3n) is 1.76. The van der Waals surface area contributed by atoms with Crippen molar-refractivity contribution in [3.8, 4) is 0 Å². The summed E-state index contributed by atoms with van der Waals surface area (Å²) in [6.07, 6.45) is 0. The lowest BCUT2D eigenvalue weighted by Gasteiger charge is -2.05. The molecule has 1 aromatic carbocycles. The molecule has 0 radical (unpaired) electrons. The van der Waals surface area contributed by atoms with Gasteiger partial charge in [-0.3, -0.25) is 19.2 Å². The van der Waals surface area contributed by atoms with Gasteiger partial charge >= 0.3 is 0 Å². The molecule has 18 heavy (non-hydrogen) atoms. The van der Waals surface area contributed by atoms with E-state index in [9.17, 15) is 26.9 Å². The molecule has 2 N–H and O–H groups in total. The molecule has 0 unspecified atom stereocenters. The second-order valence-electron chi connectivity index (χ2n) is 2.96. The van der Waals surface area contributed by atoms with Crippen LogP contribution < -0.4 is 0 Å². The predicted molar refractivity (Wildman–Crippen MR) is 57.7 cm³/mol. The van der Waals surface area contributed by atoms with E-state index in [4.69, 9.17) is 20.7 Å². The molecular weight excluding hydrogens is 314 g/mol. The van der Waals surface area contributed by atoms with E-state index >= 15 is 0 Å². The maximum atomic E-state index is 10.9. The van der Waals surface area contributed by atoms with Gasteiger partial charge in [0.25, 0.3) is 25.9 Å². The van der Waals surface area contributed by atoms with Gasteiger partial charge in [-0.25, -0.2) is 0 Å². The maximum absolute atomic E-state index is 10.9. The Morgan fingerprint density at radius 3 is 1.61 bits per heavy atom. The molecular formula is C6H4ClNO8S2. The summed E-state index contributed by atoms with van der Waals surface area (Å²) in [6.45, 7) is 0. The number of non-ortho nitro benzene ring substituents is 1. The van der Waals surface area contributed by atoms with Gasteiger partial charge < -0.3 is 0 Å². The summed E-state index contributed by atoms with van der Waals surface area (Å²) >= 11 is 5.35. The van der Waals surface area contributed by atoms with Gasteiger partial charge in [0.15, 0.2) is 0 Å². The fourth-order valence-corrected chi connectivity index (χ4v) is 3.01. The molecule has 0 bridgehead atoms. The normalized spacial score (nSPS) is 12.4. The Morgan fingerprint density at radius 1 is 1.06 bits per heavy atom. The van der Waals surface area contributed by atoms with E-state index in [-0.39, 0.29) is 0 Å². The predicted octanol–water partition coefficient (Wildman–Crippen LogP) is 0.742. The number of rotatable bonds is 3. The second-order valence-corrected chi connectivity index (χ2v) is 6.12. The Labute approximate surface area is 106 Å². The SMILES string of the molecule is O=[N+]([O-])c1cc(S(=O)(=O)O)c(Cl)c(S(=O)(=O)O)c1. The standard InChI is InChI=1S/C6H4ClNO8S2/c7-6-4(17(11,12)13)1-3(8(9)10)2-5(6)18(14,15)16/h1-2H,(H,11,12,13)(H,14,15,16). The smallest absolute Gasteiger partial charge is 0.282 e. The molecule has 0 aliphatic carbocycles. The highest BCUT2D eigenvalue weighted by atomic mass is 35.5. The topological polar surface area (TPSA) is 152 Å². The Hall–Kier alpha value is -1.27. The zero-order valence-corrected chi connectivity index (χ0v) is 10.5. The largest absolute Gasteiger partial charge is 0.296 e. The summed E-state index contributed by atoms with van der Waals surface area (Å²) in [5, 5.41) is 9.44. The molecule has 0 amide bonds. The molecule has 0 heterocycles. The summed E-state index contributed by atoms with van der Waals surface area (Å²) in [4.78, 5) is 6.99. The van der Waals surface area contributed by atoms with Crippen LogP contribution in [0.3, 0.4) is 0 Å². The van der Waals surface area contributed by atoms with Crippen molar-refractivity contribution in [3.05, 3.63) is 27.3 Å². The molecule has 0 aliphatic rings. The first-order valence-electron chi connectivity index (χ1n) is 3.87. The highest BCUT2D eigenvalue weighted by Gasteiger charge is 2.28. The van der Waals surface area contributed by atoms with Crippen LogP contribution in [0.5, 0.6) is 0 Å². The molecule has 1 aromatic rings. The molecule has 0 aromatic heterocycles. The van der Waals surface area contributed by atoms with Crippen molar-refractivity contribution < 1.29 is 30.9 Å². The molecule has 0 fully saturated rings. The molecule has 12 heteroatoms. The van der Waals surface area contributed by atoms with Crippen LogP contribution in [0.4, 0.5) is 5.69 Å². The Morgan fingerprint density at radius 2 is 1.39 bits per heavy atom. The third-order valence-corrected chi connectivity index (χ3v) is 4.14. The van der Waals surface area contributed by atoms with Crippen LogP contribution in [0.15, 0.2) is 21.9 Å². The van der Waals surface area contributed by atoms with E-state index < -0.39 is 45.7 Å². The van der Waals surface area contributed by atoms with Gasteiger partial charge in [-0.1, -0.05) is 11.6 Å². The van der Waals surface area contributed by atoms with E-state index in [2.05, 4.69) is 0 Å². The van der Waals surface area contributed by atoms with Crippen LogP contribution in [0.1, 0.15) is 0 Å². The van der Waals surface area contributed by atoms with E-state index in [0.717, 1.165) is 0 Å². The van der Waals surface area contributed by atoms with Gasteiger partial charge in [0, 0.05) is 12.1 Å². The van der Waals surface area contributed by atoms with E-state index in [0.29, 0.717) is 12.1 Å². The molecule has 0 saturated carbocycles. The average Bonchev–Trinajstić information content (AvgIpc) is 2.13. The van der Waals surface area contributed by atoms with Gasteiger partial charge in [0.05, 0.1) is 9.95 Å². The van der Waals surface area contributed by atoms with Crippen molar-refractivity contribution in [2.75, 3.05) is 0 Å². The highest BCUT2D eigenvalue weighted by molar-refractivity contribution is 7.87. The number of hydrogen-bond donors (Lipinski definition) is 2. The number of hydrogen-bond acceptors (Lipinski definition) is 6. The van der Waals surface area contributed by atoms with Crippen molar-refractivity contribution >= 4 is 37.5 Å². The summed E-state index contributed by atoms with van der Waals surface area (Å²) in [7, 11) is -9.97. The minimum atomic E-state index is -4.98. The first kappa shape index (κ1) is 14.8. The number of nitro benzene ring substituents is 1. The fraction of sp³-hybridized carbons (Fsp3) is 0. The quantitative estimate of drug-likeness (QED) is 0.470. The van der Waals surface area contributed by atoms with Crippen molar-refractivity contribution in [2.45, 2.75) is 9.79 Å². The van der Waals surface area contributed by atoms with Crippen molar-refractivity contribution in [1.82, 2.24) is 0 Å². The van der Waals surface area contributed by atoms with Crippen LogP contribution in [-0.2, 0) is 20.2 Å². The molecule has 100 valence electrons. The lowest BCUT2D eigenvalue weighted by Crippen LogP contribution is -2.06. The zero-order valence-electron chi connectivity index (χ0n) is 8.14. The summed E-state index contributed by atoms with van der Waals surface area (Å²) < 4.78 is 61.0. The second kappa shape index (κ2) is 4.44. The molecule has 0 spiro atoms. The van der Waals surface area contributed by atoms with Crippen LogP contribution in [0.25, 0.3) is 0 Å². The average molecular weight is 318 g/mol. The van der Waals surface area contributed by atoms with Crippen LogP contribution in [-0.4, -0.2) is 30.9 Å². The lowest BCUT2D eigenvalue weighted by atomic mass is 10.3. The third kappa shape index (κ3) is 2.94. The van der Waals surface area contributed by atoms with E-state index in [1.54, 1.807) is 0 Å². The summed E-state index contributed by atoms with van der Waals surface area (Å²) in [5.41, 5.74) is -0.973. The molecule has 1 rings (SSSR count). The molecule has 9 nitrogen and oxygen atoms in total. The zero-order chi connectivity index (χ0) is 14.3. The minimum absolute atomic E-state index is 0.367. The lowest BCUT2D eigenvalue weighted by molar-refractivity contribution is -0.385. The van der Waals surface area contributed by atoms with Crippen LogP contribution >= 0.6 is 11.6 Å². The van der Waals surface area contributed by atoms with Crippen molar-refractivity contribution in [2.24, 2.45) is 0 Å². The highest BCUT2D eigenvalue weighted by Crippen LogP contribution is 2.33. The number of halogens is 1. The number of nitro groups is 1. The van der Waals surface area contributed by atoms with Crippen LogP contribution in [0.2, 0.25) is 5.02 Å². The Bertz CT molecular complexity index is 669. The van der Waals surface area contributed by atoms with Gasteiger partial charge in [-0.2, -0.15) is 16.8 Å². The van der Waals surface area contributed by atoms with Crippen molar-refractivity contribution in [1.29, 1.82) is 0 Å². The molecule has 0 atom stereocenters. The summed E-state index contributed by atoms with van der Waals surface area (Å²) in [5.74, 6) is 0. The fourth-order valence-electron chi connectivity index (χ4n) is 1.04. The molecule has 0 aliphatic heterocycles. The van der Waals surface area contributed by atoms with Gasteiger partial charge in [0.1, 0.15) is 9.79 Å². The minimum Gasteiger partial charge on any atom is -0.282 e. The monoisotopic (exact) mass is 317 g/mol. The van der Waals surface area contributed by atoms with E-state index in [1.165, 1.54) is 0 Å². The number of benzene rings is 1. The molecule has 0 saturated heterocycles. The van der Waals surface area contributed by atoms with Gasteiger partial charge in [-0.15, -0.1) is 0 Å². The van der Waals surface area contributed by atoms with Gasteiger partial charge in [-0.05, 0) is 0 Å². The van der Waals surface area contributed by atoms with Crippen molar-refractivity contribution in [3.63, 3.8) is 0 Å².